The lowest BCUT2D eigenvalue weighted by molar-refractivity contribution is 0.421. The maximum absolute atomic E-state index is 2.45. The topological polar surface area (TPSA) is 0 Å². The van der Waals surface area contributed by atoms with Crippen molar-refractivity contribution in [3.63, 3.8) is 0 Å². The van der Waals surface area contributed by atoms with Crippen LogP contribution in [0.15, 0.2) is 11.6 Å². The van der Waals surface area contributed by atoms with Crippen molar-refractivity contribution < 1.29 is 0 Å². The minimum absolute atomic E-state index is 0.417. The molecular weight excluding hydrogens is 132 g/mol. The molecular formula is C11H20. The van der Waals surface area contributed by atoms with E-state index in [2.05, 4.69) is 33.8 Å². The summed E-state index contributed by atoms with van der Waals surface area (Å²) in [6.45, 7) is 9.29. The Bertz CT molecular complexity index is 157. The van der Waals surface area contributed by atoms with Crippen molar-refractivity contribution in [2.24, 2.45) is 11.3 Å². The van der Waals surface area contributed by atoms with Gasteiger partial charge in [-0.15, -0.1) is 0 Å². The first-order valence-electron chi connectivity index (χ1n) is 4.69. The summed E-state index contributed by atoms with van der Waals surface area (Å²) < 4.78 is 0. The number of hydrogen-bond acceptors (Lipinski definition) is 0. The normalized spacial score (nSPS) is 26.5. The summed E-state index contributed by atoms with van der Waals surface area (Å²) in [4.78, 5) is 0. The molecule has 0 heterocycles. The highest BCUT2D eigenvalue weighted by molar-refractivity contribution is 5.13. The Kier molecular flexibility index (Phi) is 2.41. The fourth-order valence-corrected chi connectivity index (χ4v) is 1.65. The highest BCUT2D eigenvalue weighted by atomic mass is 14.3. The third-order valence-corrected chi connectivity index (χ3v) is 2.64. The Morgan fingerprint density at radius 2 is 2.00 bits per heavy atom. The summed E-state index contributed by atoms with van der Waals surface area (Å²) in [5.41, 5.74) is 2.08. The van der Waals surface area contributed by atoms with Crippen molar-refractivity contribution in [2.75, 3.05) is 0 Å². The van der Waals surface area contributed by atoms with Crippen molar-refractivity contribution in [1.29, 1.82) is 0 Å². The summed E-state index contributed by atoms with van der Waals surface area (Å²) in [6.07, 6.45) is 6.47. The summed E-state index contributed by atoms with van der Waals surface area (Å²) in [7, 11) is 0. The quantitative estimate of drug-likeness (QED) is 0.463. The Hall–Kier alpha value is -0.260. The maximum atomic E-state index is 2.45. The van der Waals surface area contributed by atoms with Gasteiger partial charge < -0.3 is 0 Å². The zero-order valence-electron chi connectivity index (χ0n) is 8.28. The van der Waals surface area contributed by atoms with Crippen molar-refractivity contribution in [2.45, 2.75) is 47.0 Å². The van der Waals surface area contributed by atoms with Crippen molar-refractivity contribution in [3.05, 3.63) is 11.6 Å². The van der Waals surface area contributed by atoms with Gasteiger partial charge in [0.25, 0.3) is 0 Å². The first kappa shape index (κ1) is 8.83. The van der Waals surface area contributed by atoms with Crippen LogP contribution in [0.1, 0.15) is 47.0 Å². The lowest BCUT2D eigenvalue weighted by Crippen LogP contribution is -2.14. The van der Waals surface area contributed by atoms with Crippen LogP contribution in [0.4, 0.5) is 0 Å². The second kappa shape index (κ2) is 3.00. The SMILES string of the molecule is CC1CC=C(C(C)(C)C)CC1. The van der Waals surface area contributed by atoms with Crippen LogP contribution in [-0.2, 0) is 0 Å². The molecule has 1 aliphatic rings. The van der Waals surface area contributed by atoms with Gasteiger partial charge in [0.05, 0.1) is 0 Å². The maximum Gasteiger partial charge on any atom is -0.0173 e. The fourth-order valence-electron chi connectivity index (χ4n) is 1.65. The first-order valence-corrected chi connectivity index (χ1v) is 4.69. The Balaban J connectivity index is 2.62. The van der Waals surface area contributed by atoms with Gasteiger partial charge in [-0.3, -0.25) is 0 Å². The molecule has 0 aliphatic heterocycles. The number of rotatable bonds is 0. The van der Waals surface area contributed by atoms with Crippen molar-refractivity contribution in [1.82, 2.24) is 0 Å². The second-order valence-corrected chi connectivity index (χ2v) is 4.86. The molecule has 0 amide bonds. The summed E-state index contributed by atoms with van der Waals surface area (Å²) >= 11 is 0. The lowest BCUT2D eigenvalue weighted by Gasteiger charge is -2.28. The molecule has 1 rings (SSSR count). The van der Waals surface area contributed by atoms with Gasteiger partial charge in [-0.05, 0) is 30.6 Å². The van der Waals surface area contributed by atoms with E-state index in [4.69, 9.17) is 0 Å². The standard InChI is InChI=1S/C11H20/c1-9-5-7-10(8-6-9)11(2,3)4/h7,9H,5-6,8H2,1-4H3. The Morgan fingerprint density at radius 3 is 2.36 bits per heavy atom. The van der Waals surface area contributed by atoms with Crippen LogP contribution in [0.2, 0.25) is 0 Å². The molecule has 1 unspecified atom stereocenters. The van der Waals surface area contributed by atoms with Crippen LogP contribution >= 0.6 is 0 Å². The molecule has 0 saturated heterocycles. The van der Waals surface area contributed by atoms with Crippen LogP contribution in [0.5, 0.6) is 0 Å². The van der Waals surface area contributed by atoms with Crippen molar-refractivity contribution >= 4 is 0 Å². The number of hydrogen-bond donors (Lipinski definition) is 0. The van der Waals surface area contributed by atoms with Crippen LogP contribution in [0.25, 0.3) is 0 Å². The molecule has 1 aliphatic carbocycles. The van der Waals surface area contributed by atoms with Crippen LogP contribution < -0.4 is 0 Å². The largest absolute Gasteiger partial charge is 0.0845 e. The van der Waals surface area contributed by atoms with Gasteiger partial charge >= 0.3 is 0 Å². The average molecular weight is 152 g/mol. The highest BCUT2D eigenvalue weighted by Gasteiger charge is 2.20. The highest BCUT2D eigenvalue weighted by Crippen LogP contribution is 2.34. The van der Waals surface area contributed by atoms with E-state index in [9.17, 15) is 0 Å². The Morgan fingerprint density at radius 1 is 1.36 bits per heavy atom. The van der Waals surface area contributed by atoms with E-state index in [1.165, 1.54) is 19.3 Å². The van der Waals surface area contributed by atoms with Crippen LogP contribution in [0, 0.1) is 11.3 Å². The van der Waals surface area contributed by atoms with Gasteiger partial charge in [0.2, 0.25) is 0 Å². The minimum Gasteiger partial charge on any atom is -0.0845 e. The molecule has 0 saturated carbocycles. The molecule has 0 bridgehead atoms. The van der Waals surface area contributed by atoms with E-state index >= 15 is 0 Å². The van der Waals surface area contributed by atoms with Gasteiger partial charge in [-0.2, -0.15) is 0 Å². The van der Waals surface area contributed by atoms with Crippen LogP contribution in [0.3, 0.4) is 0 Å². The smallest absolute Gasteiger partial charge is 0.0173 e. The molecule has 0 nitrogen and oxygen atoms in total. The van der Waals surface area contributed by atoms with E-state index in [0.29, 0.717) is 5.41 Å². The molecule has 0 spiro atoms. The number of allylic oxidation sites excluding steroid dienone is 2. The molecule has 1 atom stereocenters. The zero-order chi connectivity index (χ0) is 8.48. The fraction of sp³-hybridized carbons (Fsp3) is 0.818. The van der Waals surface area contributed by atoms with Gasteiger partial charge in [-0.1, -0.05) is 39.3 Å². The lowest BCUT2D eigenvalue weighted by atomic mass is 9.78. The predicted molar refractivity (Wildman–Crippen MR) is 50.6 cm³/mol. The first-order chi connectivity index (χ1) is 5.00. The molecule has 0 aromatic heterocycles. The summed E-state index contributed by atoms with van der Waals surface area (Å²) in [5.74, 6) is 0.918. The Labute approximate surface area is 70.7 Å². The van der Waals surface area contributed by atoms with Crippen LogP contribution in [-0.4, -0.2) is 0 Å². The van der Waals surface area contributed by atoms with Gasteiger partial charge in [0.1, 0.15) is 0 Å². The molecule has 0 fully saturated rings. The van der Waals surface area contributed by atoms with Gasteiger partial charge in [0, 0.05) is 0 Å². The third-order valence-electron chi connectivity index (χ3n) is 2.64. The monoisotopic (exact) mass is 152 g/mol. The molecule has 0 heteroatoms. The van der Waals surface area contributed by atoms with E-state index in [1.54, 1.807) is 5.57 Å². The van der Waals surface area contributed by atoms with E-state index in [1.807, 2.05) is 0 Å². The summed E-state index contributed by atoms with van der Waals surface area (Å²) in [6, 6.07) is 0. The molecule has 0 radical (unpaired) electrons. The molecule has 11 heavy (non-hydrogen) atoms. The van der Waals surface area contributed by atoms with E-state index in [-0.39, 0.29) is 0 Å². The van der Waals surface area contributed by atoms with Gasteiger partial charge in [0.15, 0.2) is 0 Å². The zero-order valence-corrected chi connectivity index (χ0v) is 8.28. The summed E-state index contributed by atoms with van der Waals surface area (Å²) in [5, 5.41) is 0. The second-order valence-electron chi connectivity index (χ2n) is 4.86. The molecule has 0 aromatic rings. The van der Waals surface area contributed by atoms with Crippen molar-refractivity contribution in [3.8, 4) is 0 Å². The molecule has 0 aromatic carbocycles. The minimum atomic E-state index is 0.417. The average Bonchev–Trinajstić information content (AvgIpc) is 1.86. The van der Waals surface area contributed by atoms with E-state index < -0.39 is 0 Å². The van der Waals surface area contributed by atoms with E-state index in [0.717, 1.165) is 5.92 Å². The van der Waals surface area contributed by atoms with Gasteiger partial charge in [-0.25, -0.2) is 0 Å². The predicted octanol–water partition coefficient (Wildman–Crippen LogP) is 3.78. The molecule has 64 valence electrons. The molecule has 0 N–H and O–H groups in total. The third kappa shape index (κ3) is 2.36.